The van der Waals surface area contributed by atoms with E-state index < -0.39 is 0 Å². The van der Waals surface area contributed by atoms with Gasteiger partial charge in [0.2, 0.25) is 0 Å². The number of rotatable bonds is 2. The third-order valence-electron chi connectivity index (χ3n) is 1.51. The highest BCUT2D eigenvalue weighted by atomic mass is 16.5. The van der Waals surface area contributed by atoms with Crippen LogP contribution in [0, 0.1) is 0 Å². The van der Waals surface area contributed by atoms with Crippen LogP contribution in [-0.2, 0) is 4.74 Å². The molecule has 0 saturated carbocycles. The van der Waals surface area contributed by atoms with E-state index in [4.69, 9.17) is 4.74 Å². The normalized spacial score (nSPS) is 17.1. The lowest BCUT2D eigenvalue weighted by atomic mass is 10.3. The molecule has 0 spiro atoms. The maximum absolute atomic E-state index is 5.01. The predicted molar refractivity (Wildman–Crippen MR) is 57.1 cm³/mol. The molecule has 3 heteroatoms. The van der Waals surface area contributed by atoms with Crippen molar-refractivity contribution in [2.45, 2.75) is 39.8 Å². The molecule has 1 aliphatic heterocycles. The summed E-state index contributed by atoms with van der Waals surface area (Å²) in [4.78, 5) is 0. The number of hydrogen-bond donors (Lipinski definition) is 2. The minimum absolute atomic E-state index is 0.625. The Morgan fingerprint density at radius 2 is 1.46 bits per heavy atom. The van der Waals surface area contributed by atoms with Gasteiger partial charge in [-0.3, -0.25) is 0 Å². The monoisotopic (exact) mass is 188 g/mol. The van der Waals surface area contributed by atoms with Crippen LogP contribution in [0.4, 0.5) is 0 Å². The first-order chi connectivity index (χ1) is 6.13. The van der Waals surface area contributed by atoms with Crippen LogP contribution in [-0.4, -0.2) is 38.4 Å². The predicted octanol–water partition coefficient (Wildman–Crippen LogP) is 0.999. The summed E-state index contributed by atoms with van der Waals surface area (Å²) < 4.78 is 5.01. The van der Waals surface area contributed by atoms with Gasteiger partial charge in [0, 0.05) is 25.2 Å². The van der Waals surface area contributed by atoms with Crippen LogP contribution >= 0.6 is 0 Å². The highest BCUT2D eigenvalue weighted by Gasteiger charge is 1.93. The van der Waals surface area contributed by atoms with Crippen molar-refractivity contribution < 1.29 is 4.74 Å². The molecule has 0 aromatic rings. The van der Waals surface area contributed by atoms with E-state index in [-0.39, 0.29) is 0 Å². The maximum atomic E-state index is 5.01. The van der Waals surface area contributed by atoms with Crippen molar-refractivity contribution in [2.24, 2.45) is 0 Å². The molecule has 2 N–H and O–H groups in total. The zero-order valence-electron chi connectivity index (χ0n) is 9.39. The Morgan fingerprint density at radius 1 is 1.00 bits per heavy atom. The van der Waals surface area contributed by atoms with Crippen LogP contribution in [0.3, 0.4) is 0 Å². The van der Waals surface area contributed by atoms with Gasteiger partial charge < -0.3 is 15.4 Å². The van der Waals surface area contributed by atoms with Crippen LogP contribution in [0.5, 0.6) is 0 Å². The zero-order valence-corrected chi connectivity index (χ0v) is 9.39. The zero-order chi connectivity index (χ0) is 10.1. The molecule has 0 unspecified atom stereocenters. The van der Waals surface area contributed by atoms with Crippen molar-refractivity contribution in [2.75, 3.05) is 26.3 Å². The Bertz CT molecular complexity index is 83.6. The lowest BCUT2D eigenvalue weighted by Gasteiger charge is -2.10. The number of nitrogens with one attached hydrogen (secondary N) is 2. The van der Waals surface area contributed by atoms with E-state index >= 15 is 0 Å². The van der Waals surface area contributed by atoms with Crippen LogP contribution in [0.25, 0.3) is 0 Å². The topological polar surface area (TPSA) is 33.3 Å². The van der Waals surface area contributed by atoms with E-state index in [9.17, 15) is 0 Å². The average Bonchev–Trinajstić information content (AvgIpc) is 2.06. The van der Waals surface area contributed by atoms with Crippen LogP contribution < -0.4 is 10.6 Å². The van der Waals surface area contributed by atoms with Gasteiger partial charge in [-0.2, -0.15) is 0 Å². The number of hydrogen-bond acceptors (Lipinski definition) is 3. The van der Waals surface area contributed by atoms with Gasteiger partial charge in [0.25, 0.3) is 0 Å². The minimum atomic E-state index is 0.625. The number of morpholine rings is 1. The van der Waals surface area contributed by atoms with Crippen molar-refractivity contribution in [3.63, 3.8) is 0 Å². The highest BCUT2D eigenvalue weighted by Crippen LogP contribution is 1.80. The molecule has 0 atom stereocenters. The van der Waals surface area contributed by atoms with Crippen LogP contribution in [0.1, 0.15) is 27.7 Å². The second-order valence-electron chi connectivity index (χ2n) is 3.84. The van der Waals surface area contributed by atoms with Crippen molar-refractivity contribution in [3.05, 3.63) is 0 Å². The Labute approximate surface area is 82.2 Å². The molecule has 0 radical (unpaired) electrons. The Hall–Kier alpha value is -0.120. The van der Waals surface area contributed by atoms with Gasteiger partial charge >= 0.3 is 0 Å². The fourth-order valence-electron chi connectivity index (χ4n) is 1.18. The van der Waals surface area contributed by atoms with E-state index in [2.05, 4.69) is 38.3 Å². The molecule has 0 aromatic heterocycles. The third kappa shape index (κ3) is 11.9. The second kappa shape index (κ2) is 8.48. The van der Waals surface area contributed by atoms with E-state index in [0.29, 0.717) is 12.1 Å². The molecule has 3 nitrogen and oxygen atoms in total. The summed E-state index contributed by atoms with van der Waals surface area (Å²) in [7, 11) is 0. The Kier molecular flexibility index (Phi) is 8.40. The lowest BCUT2D eigenvalue weighted by Crippen LogP contribution is -2.30. The molecule has 0 aliphatic carbocycles. The molecule has 0 aromatic carbocycles. The van der Waals surface area contributed by atoms with E-state index in [0.717, 1.165) is 26.3 Å². The molecule has 0 bridgehead atoms. The second-order valence-corrected chi connectivity index (χ2v) is 3.84. The van der Waals surface area contributed by atoms with Crippen molar-refractivity contribution in [1.82, 2.24) is 10.6 Å². The number of ether oxygens (including phenoxy) is 1. The first-order valence-electron chi connectivity index (χ1n) is 5.17. The summed E-state index contributed by atoms with van der Waals surface area (Å²) in [5.74, 6) is 0. The summed E-state index contributed by atoms with van der Waals surface area (Å²) >= 11 is 0. The molecule has 13 heavy (non-hydrogen) atoms. The van der Waals surface area contributed by atoms with E-state index in [1.165, 1.54) is 0 Å². The maximum Gasteiger partial charge on any atom is 0.0591 e. The van der Waals surface area contributed by atoms with Gasteiger partial charge in [0.05, 0.1) is 13.2 Å². The van der Waals surface area contributed by atoms with Gasteiger partial charge in [-0.25, -0.2) is 0 Å². The highest BCUT2D eigenvalue weighted by molar-refractivity contribution is 4.55. The first kappa shape index (κ1) is 12.9. The SMILES string of the molecule is C1COCCN1.CC(C)NC(C)C. The van der Waals surface area contributed by atoms with E-state index in [1.807, 2.05) is 0 Å². The molecule has 80 valence electrons. The van der Waals surface area contributed by atoms with Crippen molar-refractivity contribution in [1.29, 1.82) is 0 Å². The Morgan fingerprint density at radius 3 is 1.54 bits per heavy atom. The summed E-state index contributed by atoms with van der Waals surface area (Å²) in [6.45, 7) is 12.4. The third-order valence-corrected chi connectivity index (χ3v) is 1.51. The van der Waals surface area contributed by atoms with Gasteiger partial charge in [0.15, 0.2) is 0 Å². The molecule has 1 heterocycles. The van der Waals surface area contributed by atoms with E-state index in [1.54, 1.807) is 0 Å². The lowest BCUT2D eigenvalue weighted by molar-refractivity contribution is 0.109. The molecule has 1 aliphatic rings. The summed E-state index contributed by atoms with van der Waals surface area (Å²) in [6.07, 6.45) is 0. The molecular formula is C10H24N2O. The van der Waals surface area contributed by atoms with Crippen molar-refractivity contribution >= 4 is 0 Å². The largest absolute Gasteiger partial charge is 0.379 e. The molecule has 0 amide bonds. The molecule has 1 fully saturated rings. The first-order valence-corrected chi connectivity index (χ1v) is 5.17. The van der Waals surface area contributed by atoms with Crippen LogP contribution in [0.2, 0.25) is 0 Å². The summed E-state index contributed by atoms with van der Waals surface area (Å²) in [5.41, 5.74) is 0. The summed E-state index contributed by atoms with van der Waals surface area (Å²) in [6, 6.07) is 1.25. The van der Waals surface area contributed by atoms with Gasteiger partial charge in [0.1, 0.15) is 0 Å². The van der Waals surface area contributed by atoms with Gasteiger partial charge in [-0.1, -0.05) is 27.7 Å². The quantitative estimate of drug-likeness (QED) is 0.678. The molecule has 1 rings (SSSR count). The average molecular weight is 188 g/mol. The smallest absolute Gasteiger partial charge is 0.0591 e. The fourth-order valence-corrected chi connectivity index (χ4v) is 1.18. The van der Waals surface area contributed by atoms with Gasteiger partial charge in [-0.15, -0.1) is 0 Å². The Balaban J connectivity index is 0.000000223. The standard InChI is InChI=1S/C6H15N.C4H9NO/c1-5(2)7-6(3)4;1-3-6-4-2-5-1/h5-7H,1-4H3;5H,1-4H2. The van der Waals surface area contributed by atoms with Crippen molar-refractivity contribution in [3.8, 4) is 0 Å². The molecule has 1 saturated heterocycles. The fraction of sp³-hybridized carbons (Fsp3) is 1.00. The summed E-state index contributed by atoms with van der Waals surface area (Å²) in [5, 5.41) is 6.47. The van der Waals surface area contributed by atoms with Gasteiger partial charge in [-0.05, 0) is 0 Å². The van der Waals surface area contributed by atoms with Crippen LogP contribution in [0.15, 0.2) is 0 Å². The molecular weight excluding hydrogens is 164 g/mol. The minimum Gasteiger partial charge on any atom is -0.379 e.